The van der Waals surface area contributed by atoms with Crippen molar-refractivity contribution in [2.24, 2.45) is 0 Å². The lowest BCUT2D eigenvalue weighted by atomic mass is 10.1. The van der Waals surface area contributed by atoms with E-state index in [2.05, 4.69) is 10.6 Å². The van der Waals surface area contributed by atoms with Crippen LogP contribution in [0.1, 0.15) is 18.5 Å². The normalized spacial score (nSPS) is 16.6. The summed E-state index contributed by atoms with van der Waals surface area (Å²) in [5.74, 6) is 0. The third-order valence-electron chi connectivity index (χ3n) is 3.21. The average Bonchev–Trinajstić information content (AvgIpc) is 2.75. The number of nitrogens with one attached hydrogen (secondary N) is 2. The second-order valence-electron chi connectivity index (χ2n) is 4.56. The van der Waals surface area contributed by atoms with Crippen molar-refractivity contribution in [3.63, 3.8) is 0 Å². The van der Waals surface area contributed by atoms with Crippen molar-refractivity contribution in [3.8, 4) is 0 Å². The number of rotatable bonds is 5. The van der Waals surface area contributed by atoms with E-state index in [1.165, 1.54) is 0 Å². The lowest BCUT2D eigenvalue weighted by Gasteiger charge is -2.19. The zero-order valence-electron chi connectivity index (χ0n) is 10.7. The molecule has 1 aliphatic rings. The second-order valence-corrected chi connectivity index (χ2v) is 5.40. The SMILES string of the molecule is CC(NCCN1CCNC1=O)c1ccc(Cl)cc1Cl. The zero-order valence-corrected chi connectivity index (χ0v) is 12.3. The number of benzene rings is 1. The summed E-state index contributed by atoms with van der Waals surface area (Å²) < 4.78 is 0. The van der Waals surface area contributed by atoms with Crippen molar-refractivity contribution < 1.29 is 4.79 Å². The topological polar surface area (TPSA) is 44.4 Å². The predicted molar refractivity (Wildman–Crippen MR) is 77.9 cm³/mol. The van der Waals surface area contributed by atoms with Crippen LogP contribution in [-0.2, 0) is 0 Å². The van der Waals surface area contributed by atoms with Gasteiger partial charge in [-0.05, 0) is 24.6 Å². The Balaban J connectivity index is 1.83. The van der Waals surface area contributed by atoms with Gasteiger partial charge in [-0.15, -0.1) is 0 Å². The first-order chi connectivity index (χ1) is 9.08. The van der Waals surface area contributed by atoms with Gasteiger partial charge in [-0.25, -0.2) is 4.79 Å². The van der Waals surface area contributed by atoms with Gasteiger partial charge in [-0.2, -0.15) is 0 Å². The maximum absolute atomic E-state index is 11.4. The van der Waals surface area contributed by atoms with Crippen LogP contribution in [0.3, 0.4) is 0 Å². The van der Waals surface area contributed by atoms with E-state index in [0.717, 1.165) is 25.2 Å². The molecule has 2 N–H and O–H groups in total. The Hall–Kier alpha value is -0.970. The first-order valence-corrected chi connectivity index (χ1v) is 7.04. The van der Waals surface area contributed by atoms with Crippen LogP contribution in [0, 0.1) is 0 Å². The van der Waals surface area contributed by atoms with Gasteiger partial charge in [0.2, 0.25) is 0 Å². The van der Waals surface area contributed by atoms with Gasteiger partial charge >= 0.3 is 6.03 Å². The number of nitrogens with zero attached hydrogens (tertiary/aromatic N) is 1. The van der Waals surface area contributed by atoms with Crippen LogP contribution in [0.25, 0.3) is 0 Å². The Morgan fingerprint density at radius 2 is 2.26 bits per heavy atom. The van der Waals surface area contributed by atoms with Gasteiger partial charge in [-0.3, -0.25) is 0 Å². The van der Waals surface area contributed by atoms with Crippen molar-refractivity contribution in [1.29, 1.82) is 0 Å². The molecule has 0 aliphatic carbocycles. The van der Waals surface area contributed by atoms with Gasteiger partial charge in [0.05, 0.1) is 0 Å². The molecule has 1 saturated heterocycles. The van der Waals surface area contributed by atoms with Gasteiger partial charge in [0.15, 0.2) is 0 Å². The predicted octanol–water partition coefficient (Wildman–Crippen LogP) is 2.67. The molecular weight excluding hydrogens is 285 g/mol. The third-order valence-corrected chi connectivity index (χ3v) is 3.77. The summed E-state index contributed by atoms with van der Waals surface area (Å²) in [6.45, 7) is 4.97. The Morgan fingerprint density at radius 1 is 1.47 bits per heavy atom. The largest absolute Gasteiger partial charge is 0.336 e. The molecule has 0 bridgehead atoms. The van der Waals surface area contributed by atoms with Crippen LogP contribution < -0.4 is 10.6 Å². The first kappa shape index (κ1) is 14.4. The molecule has 1 fully saturated rings. The molecule has 1 heterocycles. The summed E-state index contributed by atoms with van der Waals surface area (Å²) in [6.07, 6.45) is 0. The summed E-state index contributed by atoms with van der Waals surface area (Å²) in [7, 11) is 0. The molecule has 6 heteroatoms. The molecular formula is C13H17Cl2N3O. The van der Waals surface area contributed by atoms with E-state index in [1.54, 1.807) is 11.0 Å². The number of urea groups is 1. The molecule has 1 aliphatic heterocycles. The molecule has 0 radical (unpaired) electrons. The smallest absolute Gasteiger partial charge is 0.317 e. The molecule has 0 saturated carbocycles. The van der Waals surface area contributed by atoms with Crippen molar-refractivity contribution in [3.05, 3.63) is 33.8 Å². The van der Waals surface area contributed by atoms with E-state index >= 15 is 0 Å². The Kier molecular flexibility index (Phi) is 4.91. The van der Waals surface area contributed by atoms with Crippen LogP contribution in [-0.4, -0.2) is 37.1 Å². The quantitative estimate of drug-likeness (QED) is 0.878. The monoisotopic (exact) mass is 301 g/mol. The number of hydrogen-bond acceptors (Lipinski definition) is 2. The molecule has 2 rings (SSSR count). The Labute approximate surface area is 123 Å². The van der Waals surface area contributed by atoms with Crippen LogP contribution in [0.15, 0.2) is 18.2 Å². The maximum Gasteiger partial charge on any atom is 0.317 e. The minimum absolute atomic E-state index is 0.0129. The van der Waals surface area contributed by atoms with E-state index in [-0.39, 0.29) is 12.1 Å². The number of amides is 2. The molecule has 104 valence electrons. The van der Waals surface area contributed by atoms with E-state index in [9.17, 15) is 4.79 Å². The van der Waals surface area contributed by atoms with Gasteiger partial charge in [-0.1, -0.05) is 29.3 Å². The van der Waals surface area contributed by atoms with E-state index in [1.807, 2.05) is 19.1 Å². The highest BCUT2D eigenvalue weighted by atomic mass is 35.5. The molecule has 19 heavy (non-hydrogen) atoms. The van der Waals surface area contributed by atoms with Gasteiger partial charge < -0.3 is 15.5 Å². The fraction of sp³-hybridized carbons (Fsp3) is 0.462. The summed E-state index contributed by atoms with van der Waals surface area (Å²) >= 11 is 12.0. The molecule has 0 spiro atoms. The fourth-order valence-corrected chi connectivity index (χ4v) is 2.68. The summed E-state index contributed by atoms with van der Waals surface area (Å²) in [5, 5.41) is 7.43. The molecule has 1 atom stereocenters. The molecule has 1 unspecified atom stereocenters. The van der Waals surface area contributed by atoms with Crippen molar-refractivity contribution in [2.75, 3.05) is 26.2 Å². The molecule has 0 aromatic heterocycles. The summed E-state index contributed by atoms with van der Waals surface area (Å²) in [5.41, 5.74) is 1.01. The number of hydrogen-bond donors (Lipinski definition) is 2. The van der Waals surface area contributed by atoms with Gasteiger partial charge in [0.25, 0.3) is 0 Å². The highest BCUT2D eigenvalue weighted by Crippen LogP contribution is 2.25. The second kappa shape index (κ2) is 6.46. The van der Waals surface area contributed by atoms with Crippen LogP contribution in [0.5, 0.6) is 0 Å². The number of carbonyl (C=O) groups is 1. The maximum atomic E-state index is 11.4. The molecule has 2 amide bonds. The van der Waals surface area contributed by atoms with Crippen molar-refractivity contribution in [1.82, 2.24) is 15.5 Å². The van der Waals surface area contributed by atoms with Gasteiger partial charge in [0.1, 0.15) is 0 Å². The van der Waals surface area contributed by atoms with Crippen molar-refractivity contribution in [2.45, 2.75) is 13.0 Å². The zero-order chi connectivity index (χ0) is 13.8. The highest BCUT2D eigenvalue weighted by molar-refractivity contribution is 6.35. The Morgan fingerprint density at radius 3 is 2.89 bits per heavy atom. The average molecular weight is 302 g/mol. The minimum Gasteiger partial charge on any atom is -0.336 e. The standard InChI is InChI=1S/C13H17Cl2N3O/c1-9(11-3-2-10(14)8-12(11)15)16-4-6-18-7-5-17-13(18)19/h2-3,8-9,16H,4-7H2,1H3,(H,17,19). The lowest BCUT2D eigenvalue weighted by molar-refractivity contribution is 0.217. The molecule has 4 nitrogen and oxygen atoms in total. The Bertz CT molecular complexity index is 467. The number of carbonyl (C=O) groups excluding carboxylic acids is 1. The first-order valence-electron chi connectivity index (χ1n) is 6.29. The lowest BCUT2D eigenvalue weighted by Crippen LogP contribution is -2.35. The van der Waals surface area contributed by atoms with E-state index < -0.39 is 0 Å². The minimum atomic E-state index is 0.0129. The van der Waals surface area contributed by atoms with Gasteiger partial charge in [0, 0.05) is 42.3 Å². The number of halogens is 2. The van der Waals surface area contributed by atoms with Crippen LogP contribution in [0.2, 0.25) is 10.0 Å². The summed E-state index contributed by atoms with van der Waals surface area (Å²) in [4.78, 5) is 13.2. The molecule has 1 aromatic rings. The highest BCUT2D eigenvalue weighted by Gasteiger charge is 2.18. The van der Waals surface area contributed by atoms with Crippen LogP contribution >= 0.6 is 23.2 Å². The van der Waals surface area contributed by atoms with Crippen LogP contribution in [0.4, 0.5) is 4.79 Å². The van der Waals surface area contributed by atoms with E-state index in [0.29, 0.717) is 16.6 Å². The fourth-order valence-electron chi connectivity index (χ4n) is 2.10. The summed E-state index contributed by atoms with van der Waals surface area (Å²) in [6, 6.07) is 5.62. The third kappa shape index (κ3) is 3.75. The van der Waals surface area contributed by atoms with Crippen molar-refractivity contribution >= 4 is 29.2 Å². The molecule has 1 aromatic carbocycles. The van der Waals surface area contributed by atoms with E-state index in [4.69, 9.17) is 23.2 Å².